The molecule has 1 aliphatic carbocycles. The molecule has 0 atom stereocenters. The van der Waals surface area contributed by atoms with Gasteiger partial charge in [-0.3, -0.25) is 0 Å². The summed E-state index contributed by atoms with van der Waals surface area (Å²) in [5, 5.41) is 6.21. The predicted octanol–water partition coefficient (Wildman–Crippen LogP) is 4.04. The number of benzene rings is 1. The van der Waals surface area contributed by atoms with Crippen LogP contribution >= 0.6 is 23.2 Å². The number of hydrogen-bond donors (Lipinski definition) is 2. The largest absolute Gasteiger partial charge is 0.323 e. The van der Waals surface area contributed by atoms with E-state index in [1.165, 1.54) is 12.8 Å². The topological polar surface area (TPSA) is 41.1 Å². The van der Waals surface area contributed by atoms with Gasteiger partial charge in [-0.05, 0) is 37.0 Å². The Hall–Kier alpha value is -1.19. The summed E-state index contributed by atoms with van der Waals surface area (Å²) in [5.74, 6) is 0.634. The van der Waals surface area contributed by atoms with E-state index in [9.17, 15) is 4.79 Å². The van der Waals surface area contributed by atoms with Gasteiger partial charge in [-0.15, -0.1) is 0 Å². The standard InChI is InChI=1S/C12H12Cl2N2O/c13-9-3-4-11(10(14)7-9)16-12(17)15-6-5-8-1-2-8/h3-8H,1-2H2,(H2,15,16,17)/b6-5+. The van der Waals surface area contributed by atoms with Crippen molar-refractivity contribution in [2.45, 2.75) is 12.8 Å². The lowest BCUT2D eigenvalue weighted by atomic mass is 10.3. The molecule has 0 aromatic heterocycles. The lowest BCUT2D eigenvalue weighted by Gasteiger charge is -2.06. The number of halogens is 2. The summed E-state index contributed by atoms with van der Waals surface area (Å²) in [4.78, 5) is 11.5. The van der Waals surface area contributed by atoms with Gasteiger partial charge in [-0.2, -0.15) is 0 Å². The highest BCUT2D eigenvalue weighted by molar-refractivity contribution is 6.36. The van der Waals surface area contributed by atoms with Crippen LogP contribution in [0.15, 0.2) is 30.5 Å². The first-order valence-corrected chi connectivity index (χ1v) is 6.10. The number of nitrogens with one attached hydrogen (secondary N) is 2. The van der Waals surface area contributed by atoms with Gasteiger partial charge >= 0.3 is 6.03 Å². The van der Waals surface area contributed by atoms with E-state index in [0.717, 1.165) is 0 Å². The van der Waals surface area contributed by atoms with Crippen LogP contribution in [-0.4, -0.2) is 6.03 Å². The van der Waals surface area contributed by atoms with Gasteiger partial charge < -0.3 is 10.6 Å². The zero-order valence-corrected chi connectivity index (χ0v) is 10.6. The van der Waals surface area contributed by atoms with Crippen LogP contribution in [0.1, 0.15) is 12.8 Å². The zero-order valence-electron chi connectivity index (χ0n) is 9.04. The number of allylic oxidation sites excluding steroid dienone is 1. The quantitative estimate of drug-likeness (QED) is 0.855. The molecule has 2 N–H and O–H groups in total. The van der Waals surface area contributed by atoms with Gasteiger partial charge in [0, 0.05) is 11.2 Å². The molecule has 1 aromatic rings. The maximum absolute atomic E-state index is 11.5. The Morgan fingerprint density at radius 3 is 2.76 bits per heavy atom. The smallest absolute Gasteiger partial charge is 0.315 e. The molecule has 1 fully saturated rings. The van der Waals surface area contributed by atoms with E-state index in [4.69, 9.17) is 23.2 Å². The summed E-state index contributed by atoms with van der Waals surface area (Å²) >= 11 is 11.7. The molecule has 0 heterocycles. The van der Waals surface area contributed by atoms with Crippen molar-refractivity contribution in [3.63, 3.8) is 0 Å². The van der Waals surface area contributed by atoms with Crippen molar-refractivity contribution in [1.29, 1.82) is 0 Å². The number of carbonyl (C=O) groups excluding carboxylic acids is 1. The Bertz CT molecular complexity index is 456. The van der Waals surface area contributed by atoms with Gasteiger partial charge in [-0.1, -0.05) is 29.3 Å². The maximum Gasteiger partial charge on any atom is 0.323 e. The monoisotopic (exact) mass is 270 g/mol. The fraction of sp³-hybridized carbons (Fsp3) is 0.250. The van der Waals surface area contributed by atoms with Crippen molar-refractivity contribution >= 4 is 34.9 Å². The SMILES string of the molecule is O=C(N/C=C/C1CC1)Nc1ccc(Cl)cc1Cl. The third-order valence-corrected chi connectivity index (χ3v) is 2.93. The number of urea groups is 1. The normalized spacial score (nSPS) is 14.9. The van der Waals surface area contributed by atoms with Crippen molar-refractivity contribution in [2.24, 2.45) is 5.92 Å². The highest BCUT2D eigenvalue weighted by Gasteiger charge is 2.17. The van der Waals surface area contributed by atoms with Crippen molar-refractivity contribution in [1.82, 2.24) is 5.32 Å². The van der Waals surface area contributed by atoms with Gasteiger partial charge in [0.1, 0.15) is 0 Å². The molecule has 0 radical (unpaired) electrons. The number of amides is 2. The number of hydrogen-bond acceptors (Lipinski definition) is 1. The second kappa shape index (κ2) is 5.43. The number of anilines is 1. The van der Waals surface area contributed by atoms with Gasteiger partial charge in [0.2, 0.25) is 0 Å². The van der Waals surface area contributed by atoms with Crippen LogP contribution in [0.4, 0.5) is 10.5 Å². The summed E-state index contributed by atoms with van der Waals surface area (Å²) in [5.41, 5.74) is 0.536. The van der Waals surface area contributed by atoms with Gasteiger partial charge in [0.05, 0.1) is 10.7 Å². The zero-order chi connectivity index (χ0) is 12.3. The van der Waals surface area contributed by atoms with E-state index in [1.807, 2.05) is 6.08 Å². The Labute approximate surface area is 110 Å². The summed E-state index contributed by atoms with van der Waals surface area (Å²) in [6.45, 7) is 0. The predicted molar refractivity (Wildman–Crippen MR) is 70.5 cm³/mol. The first-order valence-electron chi connectivity index (χ1n) is 5.34. The molecule has 1 saturated carbocycles. The fourth-order valence-corrected chi connectivity index (χ4v) is 1.75. The fourth-order valence-electron chi connectivity index (χ4n) is 1.30. The third-order valence-electron chi connectivity index (χ3n) is 2.38. The molecule has 0 unspecified atom stereocenters. The third kappa shape index (κ3) is 3.95. The molecule has 0 spiro atoms. The molecule has 0 saturated heterocycles. The summed E-state index contributed by atoms with van der Waals surface area (Å²) in [6.07, 6.45) is 6.07. The first-order chi connectivity index (χ1) is 8.15. The Balaban J connectivity index is 1.88. The molecule has 1 aliphatic rings. The van der Waals surface area contributed by atoms with Crippen LogP contribution in [0.3, 0.4) is 0 Å². The van der Waals surface area contributed by atoms with E-state index >= 15 is 0 Å². The lowest BCUT2D eigenvalue weighted by Crippen LogP contribution is -2.23. The van der Waals surface area contributed by atoms with Crippen LogP contribution < -0.4 is 10.6 Å². The molecule has 90 valence electrons. The molecule has 2 amide bonds. The second-order valence-corrected chi connectivity index (χ2v) is 4.76. The van der Waals surface area contributed by atoms with Crippen LogP contribution in [0.25, 0.3) is 0 Å². The Morgan fingerprint density at radius 2 is 2.12 bits per heavy atom. The number of rotatable bonds is 3. The van der Waals surface area contributed by atoms with Gasteiger partial charge in [-0.25, -0.2) is 4.79 Å². The molecule has 3 nitrogen and oxygen atoms in total. The van der Waals surface area contributed by atoms with E-state index < -0.39 is 0 Å². The van der Waals surface area contributed by atoms with E-state index in [-0.39, 0.29) is 6.03 Å². The van der Waals surface area contributed by atoms with Crippen molar-refractivity contribution in [3.8, 4) is 0 Å². The highest BCUT2D eigenvalue weighted by Crippen LogP contribution is 2.29. The second-order valence-electron chi connectivity index (χ2n) is 3.92. The number of carbonyl (C=O) groups is 1. The molecule has 2 rings (SSSR count). The van der Waals surface area contributed by atoms with E-state index in [2.05, 4.69) is 10.6 Å². The van der Waals surface area contributed by atoms with Gasteiger partial charge in [0.25, 0.3) is 0 Å². The minimum absolute atomic E-state index is 0.314. The highest BCUT2D eigenvalue weighted by atomic mass is 35.5. The molecular formula is C12H12Cl2N2O. The van der Waals surface area contributed by atoms with Crippen molar-refractivity contribution in [3.05, 3.63) is 40.5 Å². The van der Waals surface area contributed by atoms with E-state index in [0.29, 0.717) is 21.7 Å². The maximum atomic E-state index is 11.5. The summed E-state index contributed by atoms with van der Waals surface area (Å²) in [6, 6.07) is 4.60. The minimum Gasteiger partial charge on any atom is -0.315 e. The lowest BCUT2D eigenvalue weighted by molar-refractivity contribution is 0.255. The average Bonchev–Trinajstić information content (AvgIpc) is 3.06. The van der Waals surface area contributed by atoms with Crippen LogP contribution in [-0.2, 0) is 0 Å². The minimum atomic E-state index is -0.314. The Kier molecular flexibility index (Phi) is 3.92. The Morgan fingerprint density at radius 1 is 1.35 bits per heavy atom. The molecular weight excluding hydrogens is 259 g/mol. The van der Waals surface area contributed by atoms with Crippen molar-refractivity contribution in [2.75, 3.05) is 5.32 Å². The first kappa shape index (κ1) is 12.3. The van der Waals surface area contributed by atoms with Crippen LogP contribution in [0.2, 0.25) is 10.0 Å². The molecule has 17 heavy (non-hydrogen) atoms. The molecule has 0 bridgehead atoms. The summed E-state index contributed by atoms with van der Waals surface area (Å²) in [7, 11) is 0. The van der Waals surface area contributed by atoms with Crippen LogP contribution in [0.5, 0.6) is 0 Å². The average molecular weight is 271 g/mol. The molecule has 0 aliphatic heterocycles. The van der Waals surface area contributed by atoms with Crippen LogP contribution in [0, 0.1) is 5.92 Å². The van der Waals surface area contributed by atoms with E-state index in [1.54, 1.807) is 24.4 Å². The van der Waals surface area contributed by atoms with Crippen molar-refractivity contribution < 1.29 is 4.79 Å². The molecule has 1 aromatic carbocycles. The molecule has 5 heteroatoms. The van der Waals surface area contributed by atoms with Gasteiger partial charge in [0.15, 0.2) is 0 Å². The summed E-state index contributed by atoms with van der Waals surface area (Å²) < 4.78 is 0.